The Bertz CT molecular complexity index is 535. The summed E-state index contributed by atoms with van der Waals surface area (Å²) in [6, 6.07) is 1.05. The molecule has 1 aliphatic carbocycles. The normalized spacial score (nSPS) is 16.8. The van der Waals surface area contributed by atoms with E-state index in [0.717, 1.165) is 25.7 Å². The van der Waals surface area contributed by atoms with Gasteiger partial charge < -0.3 is 0 Å². The summed E-state index contributed by atoms with van der Waals surface area (Å²) in [5.74, 6) is -0.333. The molecule has 0 amide bonds. The maximum atomic E-state index is 12.8. The van der Waals surface area contributed by atoms with Crippen LogP contribution in [-0.2, 0) is 12.4 Å². The van der Waals surface area contributed by atoms with E-state index in [-0.39, 0.29) is 12.5 Å². The van der Waals surface area contributed by atoms with E-state index >= 15 is 0 Å². The lowest BCUT2D eigenvalue weighted by Gasteiger charge is -2.14. The van der Waals surface area contributed by atoms with E-state index in [2.05, 4.69) is 0 Å². The average Bonchev–Trinajstić information content (AvgIpc) is 2.95. The zero-order chi connectivity index (χ0) is 17.3. The topological polar surface area (TPSA) is 17.1 Å². The summed E-state index contributed by atoms with van der Waals surface area (Å²) in [6.07, 6.45) is -5.34. The van der Waals surface area contributed by atoms with Crippen molar-refractivity contribution < 1.29 is 31.1 Å². The Balaban J connectivity index is 2.23. The van der Waals surface area contributed by atoms with Crippen LogP contribution in [-0.4, -0.2) is 5.78 Å². The maximum Gasteiger partial charge on any atom is 0.416 e. The molecular weight excluding hydrogens is 322 g/mol. The van der Waals surface area contributed by atoms with Crippen LogP contribution >= 0.6 is 0 Å². The first kappa shape index (κ1) is 17.8. The van der Waals surface area contributed by atoms with Crippen molar-refractivity contribution in [3.8, 4) is 0 Å². The number of Topliss-reactive ketones (excluding diaryl/α,β-unsaturated/α-hetero) is 1. The Morgan fingerprint density at radius 1 is 0.913 bits per heavy atom. The van der Waals surface area contributed by atoms with Crippen LogP contribution in [0.2, 0.25) is 0 Å². The Labute approximate surface area is 129 Å². The molecule has 0 heterocycles. The molecule has 0 N–H and O–H groups in total. The molecule has 1 aliphatic rings. The first-order chi connectivity index (χ1) is 10.6. The highest BCUT2D eigenvalue weighted by Gasteiger charge is 2.37. The molecule has 0 atom stereocenters. The van der Waals surface area contributed by atoms with E-state index in [9.17, 15) is 31.1 Å². The van der Waals surface area contributed by atoms with E-state index in [1.165, 1.54) is 0 Å². The van der Waals surface area contributed by atoms with Crippen molar-refractivity contribution >= 4 is 5.78 Å². The lowest BCUT2D eigenvalue weighted by molar-refractivity contribution is -0.143. The second-order valence-corrected chi connectivity index (χ2v) is 5.91. The highest BCUT2D eigenvalue weighted by Crippen LogP contribution is 2.37. The molecule has 1 saturated carbocycles. The monoisotopic (exact) mass is 338 g/mol. The molecule has 0 aromatic heterocycles. The van der Waals surface area contributed by atoms with E-state index in [4.69, 9.17) is 0 Å². The fraction of sp³-hybridized carbons (Fsp3) is 0.562. The zero-order valence-corrected chi connectivity index (χ0v) is 12.2. The van der Waals surface area contributed by atoms with Crippen LogP contribution < -0.4 is 0 Å². The minimum Gasteiger partial charge on any atom is -0.294 e. The van der Waals surface area contributed by atoms with E-state index in [1.807, 2.05) is 0 Å². The number of halogens is 6. The number of alkyl halides is 6. The first-order valence-corrected chi connectivity index (χ1v) is 7.40. The number of hydrogen-bond donors (Lipinski definition) is 0. The minimum absolute atomic E-state index is 0.0245. The fourth-order valence-electron chi connectivity index (χ4n) is 2.89. The van der Waals surface area contributed by atoms with Crippen molar-refractivity contribution in [2.45, 2.75) is 50.9 Å². The van der Waals surface area contributed by atoms with Crippen molar-refractivity contribution in [3.05, 3.63) is 34.9 Å². The predicted molar refractivity (Wildman–Crippen MR) is 72.0 cm³/mol. The van der Waals surface area contributed by atoms with E-state index in [0.29, 0.717) is 24.5 Å². The zero-order valence-electron chi connectivity index (χ0n) is 12.2. The van der Waals surface area contributed by atoms with Crippen molar-refractivity contribution in [1.82, 2.24) is 0 Å². The third kappa shape index (κ3) is 4.72. The van der Waals surface area contributed by atoms with E-state index < -0.39 is 34.8 Å². The van der Waals surface area contributed by atoms with Gasteiger partial charge in [-0.3, -0.25) is 4.79 Å². The summed E-state index contributed by atoms with van der Waals surface area (Å²) in [7, 11) is 0. The van der Waals surface area contributed by atoms with E-state index in [1.54, 1.807) is 0 Å². The van der Waals surface area contributed by atoms with Crippen molar-refractivity contribution in [3.63, 3.8) is 0 Å². The molecule has 0 unspecified atom stereocenters. The van der Waals surface area contributed by atoms with Gasteiger partial charge in [0.05, 0.1) is 11.1 Å². The third-order valence-corrected chi connectivity index (χ3v) is 4.16. The molecule has 1 nitrogen and oxygen atoms in total. The third-order valence-electron chi connectivity index (χ3n) is 4.16. The lowest BCUT2D eigenvalue weighted by Crippen LogP contribution is -2.13. The summed E-state index contributed by atoms with van der Waals surface area (Å²) >= 11 is 0. The van der Waals surface area contributed by atoms with Gasteiger partial charge in [-0.1, -0.05) is 25.7 Å². The highest BCUT2D eigenvalue weighted by atomic mass is 19.4. The average molecular weight is 338 g/mol. The molecule has 1 aromatic rings. The Kier molecular flexibility index (Phi) is 5.06. The molecule has 7 heteroatoms. The van der Waals surface area contributed by atoms with Crippen LogP contribution in [0, 0.1) is 5.92 Å². The molecule has 0 aliphatic heterocycles. The Morgan fingerprint density at radius 2 is 1.39 bits per heavy atom. The van der Waals surface area contributed by atoms with Crippen molar-refractivity contribution in [1.29, 1.82) is 0 Å². The number of ketones is 1. The quantitative estimate of drug-likeness (QED) is 0.495. The van der Waals surface area contributed by atoms with Gasteiger partial charge in [-0.05, 0) is 30.5 Å². The number of rotatable bonds is 4. The Morgan fingerprint density at radius 3 is 1.83 bits per heavy atom. The molecule has 128 valence electrons. The van der Waals surface area contributed by atoms with Crippen LogP contribution in [0.25, 0.3) is 0 Å². The fourth-order valence-corrected chi connectivity index (χ4v) is 2.89. The molecular formula is C16H16F6O. The number of benzene rings is 1. The van der Waals surface area contributed by atoms with Crippen LogP contribution in [0.4, 0.5) is 26.3 Å². The van der Waals surface area contributed by atoms with Gasteiger partial charge in [0.1, 0.15) is 0 Å². The second-order valence-electron chi connectivity index (χ2n) is 5.91. The predicted octanol–water partition coefficient (Wildman–Crippen LogP) is 5.88. The van der Waals surface area contributed by atoms with Gasteiger partial charge >= 0.3 is 12.4 Å². The van der Waals surface area contributed by atoms with Gasteiger partial charge in [-0.15, -0.1) is 0 Å². The van der Waals surface area contributed by atoms with Crippen LogP contribution in [0.3, 0.4) is 0 Å². The van der Waals surface area contributed by atoms with Crippen LogP contribution in [0.5, 0.6) is 0 Å². The minimum atomic E-state index is -4.93. The second kappa shape index (κ2) is 6.53. The summed E-state index contributed by atoms with van der Waals surface area (Å²) in [5.41, 5.74) is -3.42. The van der Waals surface area contributed by atoms with Crippen LogP contribution in [0.1, 0.15) is 60.0 Å². The summed E-state index contributed by atoms with van der Waals surface area (Å²) < 4.78 is 76.5. The molecule has 0 saturated heterocycles. The summed E-state index contributed by atoms with van der Waals surface area (Å²) in [5, 5.41) is 0. The summed E-state index contributed by atoms with van der Waals surface area (Å²) in [6.45, 7) is 0. The standard InChI is InChI=1S/C16H16F6O/c17-15(18,19)12-7-11(8-13(9-12)16(20,21)22)14(23)6-5-10-3-1-2-4-10/h7-10H,1-6H2. The molecule has 1 aromatic carbocycles. The van der Waals surface area contributed by atoms with Gasteiger partial charge in [-0.2, -0.15) is 26.3 Å². The maximum absolute atomic E-state index is 12.8. The van der Waals surface area contributed by atoms with Gasteiger partial charge in [0.25, 0.3) is 0 Å². The van der Waals surface area contributed by atoms with Gasteiger partial charge in [-0.25, -0.2) is 0 Å². The highest BCUT2D eigenvalue weighted by molar-refractivity contribution is 5.96. The van der Waals surface area contributed by atoms with Crippen molar-refractivity contribution in [2.24, 2.45) is 5.92 Å². The molecule has 0 spiro atoms. The molecule has 2 rings (SSSR count). The Hall–Kier alpha value is -1.53. The number of hydrogen-bond acceptors (Lipinski definition) is 1. The molecule has 0 bridgehead atoms. The summed E-state index contributed by atoms with van der Waals surface area (Å²) in [4.78, 5) is 12.0. The SMILES string of the molecule is O=C(CCC1CCCC1)c1cc(C(F)(F)F)cc(C(F)(F)F)c1. The molecule has 23 heavy (non-hydrogen) atoms. The number of carbonyl (C=O) groups is 1. The van der Waals surface area contributed by atoms with Crippen LogP contribution in [0.15, 0.2) is 18.2 Å². The molecule has 1 fully saturated rings. The largest absolute Gasteiger partial charge is 0.416 e. The van der Waals surface area contributed by atoms with Gasteiger partial charge in [0, 0.05) is 12.0 Å². The van der Waals surface area contributed by atoms with Gasteiger partial charge in [0.2, 0.25) is 0 Å². The van der Waals surface area contributed by atoms with Crippen molar-refractivity contribution in [2.75, 3.05) is 0 Å². The van der Waals surface area contributed by atoms with Gasteiger partial charge in [0.15, 0.2) is 5.78 Å². The number of carbonyl (C=O) groups excluding carboxylic acids is 1. The smallest absolute Gasteiger partial charge is 0.294 e. The first-order valence-electron chi connectivity index (χ1n) is 7.40. The lowest BCUT2D eigenvalue weighted by atomic mass is 9.95. The molecule has 0 radical (unpaired) electrons.